The van der Waals surface area contributed by atoms with Gasteiger partial charge in [-0.3, -0.25) is 14.4 Å². The molecule has 1 aromatic heterocycles. The van der Waals surface area contributed by atoms with Crippen LogP contribution in [0.15, 0.2) is 91.0 Å². The molecule has 0 saturated carbocycles. The van der Waals surface area contributed by atoms with Crippen molar-refractivity contribution >= 4 is 29.2 Å². The summed E-state index contributed by atoms with van der Waals surface area (Å²) in [5.41, 5.74) is 2.63. The molecule has 4 aromatic rings. The van der Waals surface area contributed by atoms with Gasteiger partial charge in [0.05, 0.1) is 0 Å². The Morgan fingerprint density at radius 3 is 2.00 bits per heavy atom. The van der Waals surface area contributed by atoms with E-state index in [0.29, 0.717) is 67.6 Å². The standard InChI is InChI=1S/C32H32N6O3/c1-23(39)33-16-17-34-28-22-29(36-31(35-28)26-10-6-3-7-11-26)37-18-20-38(21-19-37)32(41)27-14-12-25(13-15-27)30(40)24-8-4-2-5-9-24/h2-15,22H,16-21H2,1H3,(H,33,39)(H,34,35,36). The molecule has 0 atom stereocenters. The van der Waals surface area contributed by atoms with Gasteiger partial charge in [0.1, 0.15) is 11.6 Å². The number of aromatic nitrogens is 2. The number of carbonyl (C=O) groups is 3. The molecular weight excluding hydrogens is 516 g/mol. The third kappa shape index (κ3) is 6.94. The lowest BCUT2D eigenvalue weighted by Gasteiger charge is -2.35. The highest BCUT2D eigenvalue weighted by Crippen LogP contribution is 2.24. The van der Waals surface area contributed by atoms with Crippen LogP contribution in [-0.4, -0.2) is 71.7 Å². The Bertz CT molecular complexity index is 1500. The molecule has 0 radical (unpaired) electrons. The van der Waals surface area contributed by atoms with Crippen molar-refractivity contribution in [2.24, 2.45) is 0 Å². The lowest BCUT2D eigenvalue weighted by atomic mass is 10.0. The van der Waals surface area contributed by atoms with Gasteiger partial charge in [-0.2, -0.15) is 0 Å². The zero-order valence-corrected chi connectivity index (χ0v) is 22.9. The van der Waals surface area contributed by atoms with E-state index in [1.807, 2.05) is 59.5 Å². The van der Waals surface area contributed by atoms with E-state index in [1.54, 1.807) is 36.4 Å². The van der Waals surface area contributed by atoms with Crippen molar-refractivity contribution in [3.8, 4) is 11.4 Å². The van der Waals surface area contributed by atoms with Crippen LogP contribution in [-0.2, 0) is 4.79 Å². The maximum Gasteiger partial charge on any atom is 0.253 e. The third-order valence-corrected chi connectivity index (χ3v) is 6.87. The van der Waals surface area contributed by atoms with Gasteiger partial charge in [0, 0.05) is 74.5 Å². The summed E-state index contributed by atoms with van der Waals surface area (Å²) in [6.45, 7) is 4.82. The van der Waals surface area contributed by atoms with Crippen LogP contribution in [0.5, 0.6) is 0 Å². The van der Waals surface area contributed by atoms with Crippen molar-refractivity contribution in [3.63, 3.8) is 0 Å². The van der Waals surface area contributed by atoms with Crippen LogP contribution < -0.4 is 15.5 Å². The lowest BCUT2D eigenvalue weighted by molar-refractivity contribution is -0.118. The number of piperazine rings is 1. The number of nitrogens with one attached hydrogen (secondary N) is 2. The average molecular weight is 549 g/mol. The van der Waals surface area contributed by atoms with Crippen LogP contribution in [0.3, 0.4) is 0 Å². The molecule has 9 nitrogen and oxygen atoms in total. The van der Waals surface area contributed by atoms with Gasteiger partial charge < -0.3 is 20.4 Å². The summed E-state index contributed by atoms with van der Waals surface area (Å²) in [4.78, 5) is 50.6. The van der Waals surface area contributed by atoms with Crippen LogP contribution in [0.2, 0.25) is 0 Å². The van der Waals surface area contributed by atoms with Gasteiger partial charge in [-0.05, 0) is 12.1 Å². The minimum Gasteiger partial charge on any atom is -0.368 e. The van der Waals surface area contributed by atoms with Crippen molar-refractivity contribution in [2.75, 3.05) is 49.5 Å². The molecule has 2 N–H and O–H groups in total. The van der Waals surface area contributed by atoms with E-state index in [4.69, 9.17) is 4.98 Å². The number of carbonyl (C=O) groups excluding carboxylic acids is 3. The monoisotopic (exact) mass is 548 g/mol. The predicted molar refractivity (Wildman–Crippen MR) is 159 cm³/mol. The Labute approximate surface area is 239 Å². The summed E-state index contributed by atoms with van der Waals surface area (Å²) in [5.74, 6) is 1.84. The van der Waals surface area contributed by atoms with Gasteiger partial charge in [0.15, 0.2) is 11.6 Å². The van der Waals surface area contributed by atoms with Crippen molar-refractivity contribution in [1.82, 2.24) is 20.2 Å². The smallest absolute Gasteiger partial charge is 0.253 e. The van der Waals surface area contributed by atoms with Crippen LogP contribution >= 0.6 is 0 Å². The lowest BCUT2D eigenvalue weighted by Crippen LogP contribution is -2.49. The Hall–Kier alpha value is -5.05. The van der Waals surface area contributed by atoms with Crippen LogP contribution in [0.1, 0.15) is 33.2 Å². The molecule has 0 bridgehead atoms. The molecule has 0 unspecified atom stereocenters. The molecule has 1 aliphatic heterocycles. The van der Waals surface area contributed by atoms with E-state index in [-0.39, 0.29) is 17.6 Å². The predicted octanol–water partition coefficient (Wildman–Crippen LogP) is 3.89. The van der Waals surface area contributed by atoms with E-state index < -0.39 is 0 Å². The van der Waals surface area contributed by atoms with E-state index in [0.717, 1.165) is 11.4 Å². The molecule has 1 aliphatic rings. The van der Waals surface area contributed by atoms with Crippen molar-refractivity contribution < 1.29 is 14.4 Å². The molecule has 0 spiro atoms. The van der Waals surface area contributed by atoms with E-state index in [1.165, 1.54) is 6.92 Å². The highest BCUT2D eigenvalue weighted by molar-refractivity contribution is 6.09. The molecule has 41 heavy (non-hydrogen) atoms. The molecular formula is C32H32N6O3. The van der Waals surface area contributed by atoms with Crippen molar-refractivity contribution in [2.45, 2.75) is 6.92 Å². The SMILES string of the molecule is CC(=O)NCCNc1cc(N2CCN(C(=O)c3ccc(C(=O)c4ccccc4)cc3)CC2)nc(-c2ccccc2)n1. The molecule has 0 aliphatic carbocycles. The summed E-state index contributed by atoms with van der Waals surface area (Å²) < 4.78 is 0. The number of hydrogen-bond acceptors (Lipinski definition) is 7. The fourth-order valence-corrected chi connectivity index (χ4v) is 4.67. The largest absolute Gasteiger partial charge is 0.368 e. The van der Waals surface area contributed by atoms with Crippen LogP contribution in [0.4, 0.5) is 11.6 Å². The van der Waals surface area contributed by atoms with Gasteiger partial charge in [0.2, 0.25) is 5.91 Å². The van der Waals surface area contributed by atoms with E-state index in [9.17, 15) is 14.4 Å². The highest BCUT2D eigenvalue weighted by Gasteiger charge is 2.24. The Morgan fingerprint density at radius 2 is 1.34 bits per heavy atom. The van der Waals surface area contributed by atoms with E-state index >= 15 is 0 Å². The van der Waals surface area contributed by atoms with Crippen molar-refractivity contribution in [3.05, 3.63) is 108 Å². The molecule has 9 heteroatoms. The summed E-state index contributed by atoms with van der Waals surface area (Å²) in [6, 6.07) is 27.7. The third-order valence-electron chi connectivity index (χ3n) is 6.87. The molecule has 3 aromatic carbocycles. The topological polar surface area (TPSA) is 108 Å². The first kappa shape index (κ1) is 27.5. The minimum atomic E-state index is -0.0795. The normalized spacial score (nSPS) is 13.0. The van der Waals surface area contributed by atoms with E-state index in [2.05, 4.69) is 20.5 Å². The number of nitrogens with zero attached hydrogens (tertiary/aromatic N) is 4. The molecule has 2 amide bonds. The average Bonchev–Trinajstić information content (AvgIpc) is 3.03. The Kier molecular flexibility index (Phi) is 8.64. The highest BCUT2D eigenvalue weighted by atomic mass is 16.2. The van der Waals surface area contributed by atoms with Gasteiger partial charge in [-0.15, -0.1) is 0 Å². The summed E-state index contributed by atoms with van der Waals surface area (Å²) in [7, 11) is 0. The molecule has 1 saturated heterocycles. The fraction of sp³-hybridized carbons (Fsp3) is 0.219. The van der Waals surface area contributed by atoms with Gasteiger partial charge in [-0.1, -0.05) is 72.8 Å². The molecule has 208 valence electrons. The number of rotatable bonds is 9. The number of hydrogen-bond donors (Lipinski definition) is 2. The Morgan fingerprint density at radius 1 is 0.732 bits per heavy atom. The number of amides is 2. The van der Waals surface area contributed by atoms with Crippen LogP contribution in [0, 0.1) is 0 Å². The second-order valence-corrected chi connectivity index (χ2v) is 9.76. The van der Waals surface area contributed by atoms with Crippen molar-refractivity contribution in [1.29, 1.82) is 0 Å². The first-order valence-corrected chi connectivity index (χ1v) is 13.6. The number of ketones is 1. The summed E-state index contributed by atoms with van der Waals surface area (Å²) in [5, 5.41) is 6.06. The summed E-state index contributed by atoms with van der Waals surface area (Å²) in [6.07, 6.45) is 0. The van der Waals surface area contributed by atoms with Crippen LogP contribution in [0.25, 0.3) is 11.4 Å². The number of benzene rings is 3. The minimum absolute atomic E-state index is 0.0589. The van der Waals surface area contributed by atoms with Gasteiger partial charge in [-0.25, -0.2) is 9.97 Å². The quantitative estimate of drug-likeness (QED) is 0.241. The first-order valence-electron chi connectivity index (χ1n) is 13.6. The zero-order valence-electron chi connectivity index (χ0n) is 22.9. The van der Waals surface area contributed by atoms with Gasteiger partial charge in [0.25, 0.3) is 5.91 Å². The first-order chi connectivity index (χ1) is 20.0. The fourth-order valence-electron chi connectivity index (χ4n) is 4.67. The second kappa shape index (κ2) is 12.9. The molecule has 1 fully saturated rings. The maximum atomic E-state index is 13.2. The molecule has 5 rings (SSSR count). The second-order valence-electron chi connectivity index (χ2n) is 9.76. The van der Waals surface area contributed by atoms with Gasteiger partial charge >= 0.3 is 0 Å². The molecule has 2 heterocycles. The maximum absolute atomic E-state index is 13.2. The Balaban J connectivity index is 1.25. The zero-order chi connectivity index (χ0) is 28.6. The summed E-state index contributed by atoms with van der Waals surface area (Å²) >= 11 is 0. The number of anilines is 2.